The van der Waals surface area contributed by atoms with Crippen LogP contribution >= 0.6 is 0 Å². The van der Waals surface area contributed by atoms with Gasteiger partial charge in [0.25, 0.3) is 0 Å². The first-order valence-electron chi connectivity index (χ1n) is 7.66. The van der Waals surface area contributed by atoms with Crippen LogP contribution in [0.5, 0.6) is 0 Å². The fraction of sp³-hybridized carbons (Fsp3) is 0.200. The van der Waals surface area contributed by atoms with Crippen molar-refractivity contribution < 1.29 is 4.74 Å². The van der Waals surface area contributed by atoms with E-state index < -0.39 is 0 Å². The Hall–Kier alpha value is -2.48. The number of ether oxygens (including phenoxy) is 1. The van der Waals surface area contributed by atoms with Crippen LogP contribution in [-0.2, 0) is 4.74 Å². The first kappa shape index (κ1) is 15.9. The molecule has 0 bridgehead atoms. The molecule has 0 saturated heterocycles. The lowest BCUT2D eigenvalue weighted by Gasteiger charge is -1.97. The summed E-state index contributed by atoms with van der Waals surface area (Å²) in [5, 5.41) is 2.57. The minimum atomic E-state index is 0.819. The average molecular weight is 293 g/mol. The van der Waals surface area contributed by atoms with Crippen LogP contribution in [0.2, 0.25) is 0 Å². The summed E-state index contributed by atoms with van der Waals surface area (Å²) in [6, 6.07) is 16.8. The molecule has 0 amide bonds. The van der Waals surface area contributed by atoms with Gasteiger partial charge >= 0.3 is 0 Å². The molecule has 0 aliphatic rings. The Morgan fingerprint density at radius 3 is 1.95 bits per heavy atom. The molecule has 0 unspecified atom stereocenters. The van der Waals surface area contributed by atoms with E-state index in [4.69, 9.17) is 4.74 Å². The number of benzene rings is 2. The van der Waals surface area contributed by atoms with Crippen LogP contribution in [-0.4, -0.2) is 11.2 Å². The van der Waals surface area contributed by atoms with E-state index >= 15 is 0 Å². The summed E-state index contributed by atoms with van der Waals surface area (Å²) in [4.78, 5) is 0. The molecule has 0 radical (unpaired) electrons. The molecule has 1 aromatic heterocycles. The number of fused-ring (bicyclic) bond motifs is 3. The minimum absolute atomic E-state index is 0.819. The van der Waals surface area contributed by atoms with Gasteiger partial charge in [-0.1, -0.05) is 62.9 Å². The Morgan fingerprint density at radius 1 is 0.955 bits per heavy atom. The van der Waals surface area contributed by atoms with Gasteiger partial charge in [-0.3, -0.25) is 0 Å². The molecule has 1 heterocycles. The van der Waals surface area contributed by atoms with Gasteiger partial charge in [0.15, 0.2) is 0 Å². The molecule has 2 aromatic carbocycles. The highest BCUT2D eigenvalue weighted by molar-refractivity contribution is 6.09. The lowest BCUT2D eigenvalue weighted by atomic mass is 10.2. The third kappa shape index (κ3) is 3.40. The van der Waals surface area contributed by atoms with Gasteiger partial charge in [0, 0.05) is 17.0 Å². The summed E-state index contributed by atoms with van der Waals surface area (Å²) in [5.41, 5.74) is 2.43. The van der Waals surface area contributed by atoms with Crippen LogP contribution < -0.4 is 0 Å². The Balaban J connectivity index is 0.000000217. The van der Waals surface area contributed by atoms with Crippen LogP contribution in [0, 0.1) is 0 Å². The highest BCUT2D eigenvalue weighted by Gasteiger charge is 2.06. The van der Waals surface area contributed by atoms with Crippen molar-refractivity contribution in [2.24, 2.45) is 0 Å². The number of hydrogen-bond donors (Lipinski definition) is 0. The molecule has 114 valence electrons. The largest absolute Gasteiger partial charge is 0.502 e. The molecule has 0 spiro atoms. The fourth-order valence-electron chi connectivity index (χ4n) is 2.46. The predicted octanol–water partition coefficient (Wildman–Crippen LogP) is 5.84. The van der Waals surface area contributed by atoms with Gasteiger partial charge in [-0.15, -0.1) is 0 Å². The van der Waals surface area contributed by atoms with E-state index in [1.54, 1.807) is 0 Å². The highest BCUT2D eigenvalue weighted by Crippen LogP contribution is 2.28. The topological polar surface area (TPSA) is 14.2 Å². The lowest BCUT2D eigenvalue weighted by Crippen LogP contribution is -1.83. The van der Waals surface area contributed by atoms with Crippen LogP contribution in [0.4, 0.5) is 0 Å². The van der Waals surface area contributed by atoms with Crippen molar-refractivity contribution in [1.29, 1.82) is 0 Å². The minimum Gasteiger partial charge on any atom is -0.502 e. The first-order chi connectivity index (χ1) is 10.8. The molecule has 0 saturated carbocycles. The van der Waals surface area contributed by atoms with Crippen molar-refractivity contribution in [3.8, 4) is 0 Å². The van der Waals surface area contributed by atoms with E-state index in [1.165, 1.54) is 34.5 Å². The summed E-state index contributed by atoms with van der Waals surface area (Å²) in [7, 11) is 0. The van der Waals surface area contributed by atoms with Crippen molar-refractivity contribution in [3.63, 3.8) is 0 Å². The number of aromatic nitrogens is 1. The van der Waals surface area contributed by atoms with Crippen LogP contribution in [0.25, 0.3) is 28.0 Å². The first-order valence-corrected chi connectivity index (χ1v) is 7.66. The number of rotatable bonds is 5. The zero-order valence-electron chi connectivity index (χ0n) is 13.2. The van der Waals surface area contributed by atoms with Crippen molar-refractivity contribution >= 4 is 28.0 Å². The third-order valence-electron chi connectivity index (χ3n) is 3.53. The van der Waals surface area contributed by atoms with Gasteiger partial charge in [-0.25, -0.2) is 0 Å². The molecule has 0 N–H and O–H groups in total. The number of nitrogens with zero attached hydrogens (tertiary/aromatic N) is 1. The molecule has 0 fully saturated rings. The maximum absolute atomic E-state index is 4.84. The van der Waals surface area contributed by atoms with Crippen molar-refractivity contribution in [3.05, 3.63) is 68.0 Å². The summed E-state index contributed by atoms with van der Waals surface area (Å²) in [6.07, 6.45) is 5.67. The Morgan fingerprint density at radius 2 is 1.50 bits per heavy atom. The van der Waals surface area contributed by atoms with Crippen molar-refractivity contribution in [2.75, 3.05) is 6.61 Å². The quantitative estimate of drug-likeness (QED) is 0.425. The van der Waals surface area contributed by atoms with E-state index in [2.05, 4.69) is 73.2 Å². The molecule has 0 aliphatic heterocycles. The molecule has 2 nitrogen and oxygen atoms in total. The maximum Gasteiger partial charge on any atom is 0.0872 e. The second kappa shape index (κ2) is 8.08. The number of para-hydroxylation sites is 2. The SMILES string of the molecule is C=COCCCC.C=Cn1c2ccccc2c2ccccc21. The molecular weight excluding hydrogens is 270 g/mol. The Bertz CT molecular complexity index is 701. The van der Waals surface area contributed by atoms with E-state index in [0.717, 1.165) is 13.0 Å². The molecule has 3 rings (SSSR count). The number of hydrogen-bond acceptors (Lipinski definition) is 1. The van der Waals surface area contributed by atoms with Gasteiger partial charge in [0.1, 0.15) is 0 Å². The van der Waals surface area contributed by atoms with Gasteiger partial charge in [0.2, 0.25) is 0 Å². The van der Waals surface area contributed by atoms with E-state index in [0.29, 0.717) is 0 Å². The molecule has 0 atom stereocenters. The van der Waals surface area contributed by atoms with E-state index in [1.807, 2.05) is 6.20 Å². The highest BCUT2D eigenvalue weighted by atomic mass is 16.5. The summed E-state index contributed by atoms with van der Waals surface area (Å²) in [6.45, 7) is 10.2. The number of unbranched alkanes of at least 4 members (excludes halogenated alkanes) is 1. The molecule has 22 heavy (non-hydrogen) atoms. The Labute approximate surface area is 132 Å². The Kier molecular flexibility index (Phi) is 5.84. The second-order valence-corrected chi connectivity index (χ2v) is 4.98. The zero-order valence-corrected chi connectivity index (χ0v) is 13.2. The van der Waals surface area contributed by atoms with E-state index in [-0.39, 0.29) is 0 Å². The molecule has 3 aromatic rings. The maximum atomic E-state index is 4.84. The average Bonchev–Trinajstić information content (AvgIpc) is 2.90. The normalized spacial score (nSPS) is 10.0. The summed E-state index contributed by atoms with van der Waals surface area (Å²) < 4.78 is 6.97. The zero-order chi connectivity index (χ0) is 15.8. The van der Waals surface area contributed by atoms with Gasteiger partial charge in [0.05, 0.1) is 23.9 Å². The third-order valence-corrected chi connectivity index (χ3v) is 3.53. The monoisotopic (exact) mass is 293 g/mol. The van der Waals surface area contributed by atoms with Crippen molar-refractivity contribution in [2.45, 2.75) is 19.8 Å². The smallest absolute Gasteiger partial charge is 0.0872 e. The van der Waals surface area contributed by atoms with Gasteiger partial charge in [-0.2, -0.15) is 0 Å². The standard InChI is InChI=1S/C14H11N.C6H12O/c1-2-15-13-9-5-3-7-11(13)12-8-4-6-10-14(12)15;1-3-5-6-7-4-2/h2-10H,1H2;4H,2-3,5-6H2,1H3. The molecular formula is C20H23NO. The lowest BCUT2D eigenvalue weighted by molar-refractivity contribution is 0.245. The second-order valence-electron chi connectivity index (χ2n) is 4.98. The van der Waals surface area contributed by atoms with Crippen LogP contribution in [0.15, 0.2) is 68.0 Å². The van der Waals surface area contributed by atoms with Crippen molar-refractivity contribution in [1.82, 2.24) is 4.57 Å². The van der Waals surface area contributed by atoms with Gasteiger partial charge in [-0.05, 0) is 18.6 Å². The van der Waals surface area contributed by atoms with E-state index in [9.17, 15) is 0 Å². The van der Waals surface area contributed by atoms with Gasteiger partial charge < -0.3 is 9.30 Å². The predicted molar refractivity (Wildman–Crippen MR) is 96.9 cm³/mol. The summed E-state index contributed by atoms with van der Waals surface area (Å²) >= 11 is 0. The fourth-order valence-corrected chi connectivity index (χ4v) is 2.46. The van der Waals surface area contributed by atoms with Crippen LogP contribution in [0.3, 0.4) is 0 Å². The summed E-state index contributed by atoms with van der Waals surface area (Å²) in [5.74, 6) is 0. The molecule has 2 heteroatoms. The molecule has 0 aliphatic carbocycles. The van der Waals surface area contributed by atoms with Crippen LogP contribution in [0.1, 0.15) is 19.8 Å².